The van der Waals surface area contributed by atoms with E-state index in [1.165, 1.54) is 6.20 Å². The third kappa shape index (κ3) is 3.30. The summed E-state index contributed by atoms with van der Waals surface area (Å²) < 4.78 is 0. The summed E-state index contributed by atoms with van der Waals surface area (Å²) in [6.45, 7) is 0.481. The summed E-state index contributed by atoms with van der Waals surface area (Å²) in [4.78, 5) is 24.4. The lowest BCUT2D eigenvalue weighted by molar-refractivity contribution is -0.147. The molecule has 0 aromatic heterocycles. The van der Waals surface area contributed by atoms with E-state index in [2.05, 4.69) is 0 Å². The van der Waals surface area contributed by atoms with Crippen LogP contribution in [0.15, 0.2) is 66.6 Å². The van der Waals surface area contributed by atoms with E-state index in [1.54, 1.807) is 4.90 Å². The van der Waals surface area contributed by atoms with E-state index in [4.69, 9.17) is 5.11 Å². The lowest BCUT2D eigenvalue weighted by atomic mass is 9.98. The number of carboxylic acids is 1. The maximum Gasteiger partial charge on any atom is 0.316 e. The largest absolute Gasteiger partial charge is 0.503 e. The molecular weight excluding hydrogens is 306 g/mol. The van der Waals surface area contributed by atoms with E-state index in [1.807, 2.05) is 54.6 Å². The minimum atomic E-state index is -1.22. The summed E-state index contributed by atoms with van der Waals surface area (Å²) >= 11 is 0. The molecule has 0 radical (unpaired) electrons. The lowest BCUT2D eigenvalue weighted by Gasteiger charge is -2.28. The molecule has 3 rings (SSSR count). The Morgan fingerprint density at radius 1 is 1.04 bits per heavy atom. The maximum absolute atomic E-state index is 11.6. The topological polar surface area (TPSA) is 77.8 Å². The Hall–Kier alpha value is -3.08. The number of rotatable bonds is 4. The summed E-state index contributed by atoms with van der Waals surface area (Å²) in [5.74, 6) is -3.68. The summed E-state index contributed by atoms with van der Waals surface area (Å²) in [7, 11) is 0. The lowest BCUT2D eigenvalue weighted by Crippen LogP contribution is -2.40. The molecule has 0 bridgehead atoms. The molecule has 1 unspecified atom stereocenters. The van der Waals surface area contributed by atoms with Crippen LogP contribution in [0.5, 0.6) is 0 Å². The molecule has 2 N–H and O–H groups in total. The van der Waals surface area contributed by atoms with Crippen molar-refractivity contribution < 1.29 is 19.8 Å². The van der Waals surface area contributed by atoms with Crippen molar-refractivity contribution in [2.45, 2.75) is 6.54 Å². The van der Waals surface area contributed by atoms with Gasteiger partial charge in [0.05, 0.1) is 0 Å². The van der Waals surface area contributed by atoms with Crippen molar-refractivity contribution in [1.29, 1.82) is 0 Å². The van der Waals surface area contributed by atoms with E-state index < -0.39 is 23.4 Å². The van der Waals surface area contributed by atoms with Gasteiger partial charge in [-0.2, -0.15) is 0 Å². The molecule has 122 valence electrons. The molecule has 0 spiro atoms. The molecular formula is C19H17NO4. The second-order valence-electron chi connectivity index (χ2n) is 5.76. The number of Topliss-reactive ketones (excluding diaryl/α,β-unsaturated/α-hetero) is 1. The third-order valence-corrected chi connectivity index (χ3v) is 4.04. The zero-order valence-corrected chi connectivity index (χ0v) is 12.9. The summed E-state index contributed by atoms with van der Waals surface area (Å²) in [6, 6.07) is 17.9. The monoisotopic (exact) mass is 323 g/mol. The molecule has 0 saturated carbocycles. The molecule has 2 aromatic carbocycles. The molecule has 24 heavy (non-hydrogen) atoms. The number of ketones is 1. The Balaban J connectivity index is 1.74. The van der Waals surface area contributed by atoms with Crippen LogP contribution < -0.4 is 0 Å². The van der Waals surface area contributed by atoms with Crippen molar-refractivity contribution in [2.24, 2.45) is 5.92 Å². The van der Waals surface area contributed by atoms with Crippen LogP contribution in [-0.2, 0) is 16.1 Å². The summed E-state index contributed by atoms with van der Waals surface area (Å²) in [6.07, 6.45) is 1.31. The predicted molar refractivity (Wildman–Crippen MR) is 89.1 cm³/mol. The van der Waals surface area contributed by atoms with Gasteiger partial charge < -0.3 is 15.1 Å². The van der Waals surface area contributed by atoms with Crippen molar-refractivity contribution in [3.05, 3.63) is 72.1 Å². The van der Waals surface area contributed by atoms with Gasteiger partial charge in [-0.05, 0) is 16.7 Å². The Morgan fingerprint density at radius 2 is 1.67 bits per heavy atom. The van der Waals surface area contributed by atoms with Crippen LogP contribution >= 0.6 is 0 Å². The van der Waals surface area contributed by atoms with E-state index in [0.29, 0.717) is 6.54 Å². The number of carbonyl (C=O) groups excluding carboxylic acids is 1. The Kier molecular flexibility index (Phi) is 4.33. The normalized spacial score (nSPS) is 17.5. The first kappa shape index (κ1) is 15.8. The number of aliphatic carboxylic acids is 1. The van der Waals surface area contributed by atoms with Crippen molar-refractivity contribution in [2.75, 3.05) is 6.54 Å². The maximum atomic E-state index is 11.6. The first-order valence-electron chi connectivity index (χ1n) is 7.61. The van der Waals surface area contributed by atoms with Crippen molar-refractivity contribution in [3.8, 4) is 11.1 Å². The highest BCUT2D eigenvalue weighted by atomic mass is 16.4. The molecule has 2 aromatic rings. The zero-order valence-electron chi connectivity index (χ0n) is 12.9. The molecule has 0 amide bonds. The fourth-order valence-corrected chi connectivity index (χ4v) is 2.75. The molecule has 0 fully saturated rings. The number of hydrogen-bond acceptors (Lipinski definition) is 4. The Bertz CT molecular complexity index is 781. The molecule has 0 aliphatic carbocycles. The quantitative estimate of drug-likeness (QED) is 0.846. The number of carbonyl (C=O) groups is 2. The number of allylic oxidation sites excluding steroid dienone is 1. The van der Waals surface area contributed by atoms with Crippen LogP contribution in [0, 0.1) is 5.92 Å². The van der Waals surface area contributed by atoms with Crippen LogP contribution in [0.3, 0.4) is 0 Å². The second kappa shape index (κ2) is 6.58. The van der Waals surface area contributed by atoms with Gasteiger partial charge in [-0.1, -0.05) is 54.6 Å². The Labute approximate surface area is 139 Å². The number of hydrogen-bond donors (Lipinski definition) is 2. The average molecular weight is 323 g/mol. The van der Waals surface area contributed by atoms with E-state index in [0.717, 1.165) is 16.7 Å². The SMILES string of the molecule is O=C(O)C1CN(Cc2ccc(-c3ccccc3)cc2)C=C(O)C1=O. The van der Waals surface area contributed by atoms with Gasteiger partial charge in [0.15, 0.2) is 5.76 Å². The van der Waals surface area contributed by atoms with Crippen LogP contribution in [0.25, 0.3) is 11.1 Å². The molecule has 1 aliphatic heterocycles. The minimum absolute atomic E-state index is 0.0542. The highest BCUT2D eigenvalue weighted by Crippen LogP contribution is 2.22. The number of carboxylic acid groups (broad SMARTS) is 1. The van der Waals surface area contributed by atoms with Gasteiger partial charge in [0, 0.05) is 19.3 Å². The van der Waals surface area contributed by atoms with Gasteiger partial charge >= 0.3 is 5.97 Å². The van der Waals surface area contributed by atoms with Gasteiger partial charge in [-0.3, -0.25) is 9.59 Å². The van der Waals surface area contributed by atoms with E-state index >= 15 is 0 Å². The molecule has 5 heteroatoms. The number of aliphatic hydroxyl groups excluding tert-OH is 1. The zero-order chi connectivity index (χ0) is 17.1. The highest BCUT2D eigenvalue weighted by molar-refractivity contribution is 6.07. The van der Waals surface area contributed by atoms with Gasteiger partial charge in [0.1, 0.15) is 5.92 Å². The number of benzene rings is 2. The van der Waals surface area contributed by atoms with Crippen molar-refractivity contribution >= 4 is 11.8 Å². The Morgan fingerprint density at radius 3 is 2.29 bits per heavy atom. The standard InChI is InChI=1S/C19H17NO4/c21-17-12-20(11-16(18(17)22)19(23)24)10-13-6-8-15(9-7-13)14-4-2-1-3-5-14/h1-9,12,16,21H,10-11H2,(H,23,24). The van der Waals surface area contributed by atoms with Gasteiger partial charge in [-0.15, -0.1) is 0 Å². The van der Waals surface area contributed by atoms with Crippen molar-refractivity contribution in [1.82, 2.24) is 4.90 Å². The van der Waals surface area contributed by atoms with Gasteiger partial charge in [0.25, 0.3) is 0 Å². The fraction of sp³-hybridized carbons (Fsp3) is 0.158. The number of nitrogens with zero attached hydrogens (tertiary/aromatic N) is 1. The molecule has 0 saturated heterocycles. The summed E-state index contributed by atoms with van der Waals surface area (Å²) in [5.41, 5.74) is 3.18. The van der Waals surface area contributed by atoms with Crippen molar-refractivity contribution in [3.63, 3.8) is 0 Å². The molecule has 5 nitrogen and oxygen atoms in total. The first-order valence-corrected chi connectivity index (χ1v) is 7.61. The number of aliphatic hydroxyl groups is 1. The fourth-order valence-electron chi connectivity index (χ4n) is 2.75. The highest BCUT2D eigenvalue weighted by Gasteiger charge is 2.34. The third-order valence-electron chi connectivity index (χ3n) is 4.04. The van der Waals surface area contributed by atoms with Gasteiger partial charge in [-0.25, -0.2) is 0 Å². The van der Waals surface area contributed by atoms with E-state index in [-0.39, 0.29) is 6.54 Å². The van der Waals surface area contributed by atoms with Gasteiger partial charge in [0.2, 0.25) is 5.78 Å². The van der Waals surface area contributed by atoms with Crippen LogP contribution in [0.2, 0.25) is 0 Å². The predicted octanol–water partition coefficient (Wildman–Crippen LogP) is 2.84. The van der Waals surface area contributed by atoms with Crippen LogP contribution in [0.4, 0.5) is 0 Å². The van der Waals surface area contributed by atoms with Crippen LogP contribution in [0.1, 0.15) is 5.56 Å². The second-order valence-corrected chi connectivity index (χ2v) is 5.76. The first-order chi connectivity index (χ1) is 11.5. The van der Waals surface area contributed by atoms with E-state index in [9.17, 15) is 14.7 Å². The smallest absolute Gasteiger partial charge is 0.316 e. The molecule has 1 aliphatic rings. The average Bonchev–Trinajstić information content (AvgIpc) is 2.59. The molecule has 1 atom stereocenters. The minimum Gasteiger partial charge on any atom is -0.503 e. The summed E-state index contributed by atoms with van der Waals surface area (Å²) in [5, 5.41) is 18.7. The molecule has 1 heterocycles. The van der Waals surface area contributed by atoms with Crippen LogP contribution in [-0.4, -0.2) is 33.4 Å².